The Bertz CT molecular complexity index is 1020. The van der Waals surface area contributed by atoms with Crippen molar-refractivity contribution >= 4 is 11.8 Å². The monoisotopic (exact) mass is 494 g/mol. The second-order valence-electron chi connectivity index (χ2n) is 9.09. The molecule has 0 spiro atoms. The van der Waals surface area contributed by atoms with Crippen LogP contribution in [0, 0.1) is 18.3 Å². The predicted molar refractivity (Wildman–Crippen MR) is 138 cm³/mol. The van der Waals surface area contributed by atoms with Crippen molar-refractivity contribution in [3.8, 4) is 6.07 Å². The van der Waals surface area contributed by atoms with Crippen LogP contribution in [0.4, 0.5) is 0 Å². The molecule has 194 valence electrons. The van der Waals surface area contributed by atoms with Gasteiger partial charge in [0.05, 0.1) is 18.2 Å². The van der Waals surface area contributed by atoms with Gasteiger partial charge in [-0.15, -0.1) is 0 Å². The zero-order chi connectivity index (χ0) is 26.5. The molecule has 0 aliphatic heterocycles. The van der Waals surface area contributed by atoms with Crippen LogP contribution < -0.4 is 5.32 Å². The molecule has 0 saturated carbocycles. The molecular formula is C28H38N4O4. The number of nitrogens with zero attached hydrogens (tertiary/aromatic N) is 3. The number of unbranched alkanes of at least 4 members (excludes halogenated alkanes) is 1. The summed E-state index contributed by atoms with van der Waals surface area (Å²) in [6.45, 7) is 7.16. The van der Waals surface area contributed by atoms with Gasteiger partial charge in [-0.3, -0.25) is 14.6 Å². The fourth-order valence-corrected chi connectivity index (χ4v) is 4.16. The van der Waals surface area contributed by atoms with E-state index < -0.39 is 24.2 Å². The van der Waals surface area contributed by atoms with Gasteiger partial charge in [0.1, 0.15) is 6.10 Å². The number of carbonyl (C=O) groups excluding carboxylic acids is 2. The summed E-state index contributed by atoms with van der Waals surface area (Å²) in [5.74, 6) is -0.566. The number of nitrogens with one attached hydrogen (secondary N) is 1. The highest BCUT2D eigenvalue weighted by atomic mass is 16.3. The number of aliphatic hydroxyl groups is 2. The van der Waals surface area contributed by atoms with Crippen molar-refractivity contribution < 1.29 is 19.8 Å². The smallest absolute Gasteiger partial charge is 0.253 e. The molecular weight excluding hydrogens is 456 g/mol. The molecule has 8 heteroatoms. The van der Waals surface area contributed by atoms with Crippen molar-refractivity contribution in [1.29, 1.82) is 5.26 Å². The molecule has 8 nitrogen and oxygen atoms in total. The number of aliphatic hydroxyl groups excluding tert-OH is 2. The van der Waals surface area contributed by atoms with Crippen LogP contribution in [0.1, 0.15) is 77.9 Å². The lowest BCUT2D eigenvalue weighted by Crippen LogP contribution is -2.50. The molecule has 1 aromatic carbocycles. The number of aromatic nitrogens is 1. The molecule has 0 fully saturated rings. The van der Waals surface area contributed by atoms with Crippen molar-refractivity contribution in [2.45, 2.75) is 77.5 Å². The third-order valence-corrected chi connectivity index (χ3v) is 5.93. The molecule has 0 bridgehead atoms. The maximum atomic E-state index is 13.3. The van der Waals surface area contributed by atoms with Crippen LogP contribution >= 0.6 is 0 Å². The number of amides is 2. The molecule has 2 aromatic rings. The van der Waals surface area contributed by atoms with Crippen molar-refractivity contribution in [2.24, 2.45) is 0 Å². The van der Waals surface area contributed by atoms with Crippen LogP contribution in [0.2, 0.25) is 0 Å². The zero-order valence-electron chi connectivity index (χ0n) is 21.5. The zero-order valence-corrected chi connectivity index (χ0v) is 21.5. The number of rotatable bonds is 14. The SMILES string of the molecule is CCCN(CCC)C(=O)c1cc(C)cc(C(=O)NC(Cc2ccccn2)C(O)C(O)CCCC#N)c1. The van der Waals surface area contributed by atoms with E-state index in [1.54, 1.807) is 41.4 Å². The molecule has 0 saturated heterocycles. The summed E-state index contributed by atoms with van der Waals surface area (Å²) < 4.78 is 0. The van der Waals surface area contributed by atoms with Crippen molar-refractivity contribution in [3.63, 3.8) is 0 Å². The van der Waals surface area contributed by atoms with E-state index in [4.69, 9.17) is 5.26 Å². The normalized spacial score (nSPS) is 13.3. The van der Waals surface area contributed by atoms with E-state index >= 15 is 0 Å². The summed E-state index contributed by atoms with van der Waals surface area (Å²) in [5.41, 5.74) is 2.18. The minimum Gasteiger partial charge on any atom is -0.390 e. The van der Waals surface area contributed by atoms with Gasteiger partial charge in [0.25, 0.3) is 11.8 Å². The predicted octanol–water partition coefficient (Wildman–Crippen LogP) is 3.41. The number of carbonyl (C=O) groups is 2. The number of hydrogen-bond acceptors (Lipinski definition) is 6. The van der Waals surface area contributed by atoms with Gasteiger partial charge >= 0.3 is 0 Å². The molecule has 3 N–H and O–H groups in total. The first kappa shape index (κ1) is 29.0. The third-order valence-electron chi connectivity index (χ3n) is 5.93. The maximum absolute atomic E-state index is 13.3. The first-order chi connectivity index (χ1) is 17.3. The van der Waals surface area contributed by atoms with E-state index in [1.165, 1.54) is 0 Å². The second-order valence-corrected chi connectivity index (χ2v) is 9.09. The Morgan fingerprint density at radius 1 is 1.11 bits per heavy atom. The Morgan fingerprint density at radius 2 is 1.81 bits per heavy atom. The van der Waals surface area contributed by atoms with Crippen LogP contribution in [0.3, 0.4) is 0 Å². The summed E-state index contributed by atoms with van der Waals surface area (Å²) in [6, 6.07) is 11.6. The Balaban J connectivity index is 2.27. The van der Waals surface area contributed by atoms with Gasteiger partial charge in [-0.2, -0.15) is 5.26 Å². The quantitative estimate of drug-likeness (QED) is 0.346. The molecule has 3 unspecified atom stereocenters. The molecule has 0 aliphatic carbocycles. The van der Waals surface area contributed by atoms with Gasteiger partial charge in [0, 0.05) is 48.9 Å². The van der Waals surface area contributed by atoms with E-state index in [0.717, 1.165) is 18.4 Å². The van der Waals surface area contributed by atoms with Crippen molar-refractivity contribution in [3.05, 3.63) is 65.0 Å². The van der Waals surface area contributed by atoms with Gasteiger partial charge < -0.3 is 20.4 Å². The lowest BCUT2D eigenvalue weighted by Gasteiger charge is -2.28. The minimum atomic E-state index is -1.26. The van der Waals surface area contributed by atoms with E-state index in [2.05, 4.69) is 10.3 Å². The first-order valence-electron chi connectivity index (χ1n) is 12.7. The van der Waals surface area contributed by atoms with E-state index in [1.807, 2.05) is 32.9 Å². The maximum Gasteiger partial charge on any atom is 0.253 e. The minimum absolute atomic E-state index is 0.116. The Labute approximate surface area is 214 Å². The Morgan fingerprint density at radius 3 is 2.42 bits per heavy atom. The third kappa shape index (κ3) is 8.74. The summed E-state index contributed by atoms with van der Waals surface area (Å²) in [4.78, 5) is 32.5. The average molecular weight is 495 g/mol. The van der Waals surface area contributed by atoms with Crippen molar-refractivity contribution in [1.82, 2.24) is 15.2 Å². The summed E-state index contributed by atoms with van der Waals surface area (Å²) in [5, 5.41) is 33.0. The second kappa shape index (κ2) is 15.0. The molecule has 3 atom stereocenters. The highest BCUT2D eigenvalue weighted by molar-refractivity contribution is 6.00. The van der Waals surface area contributed by atoms with Crippen LogP contribution in [0.25, 0.3) is 0 Å². The summed E-state index contributed by atoms with van der Waals surface area (Å²) in [6.07, 6.45) is 2.09. The lowest BCUT2D eigenvalue weighted by molar-refractivity contribution is -0.00805. The number of pyridine rings is 1. The Hall–Kier alpha value is -3.28. The van der Waals surface area contributed by atoms with Crippen LogP contribution in [-0.4, -0.2) is 63.3 Å². The number of nitriles is 1. The average Bonchev–Trinajstić information content (AvgIpc) is 2.87. The van der Waals surface area contributed by atoms with Gasteiger partial charge in [0.2, 0.25) is 0 Å². The van der Waals surface area contributed by atoms with Gasteiger partial charge in [-0.25, -0.2) is 0 Å². The highest BCUT2D eigenvalue weighted by Crippen LogP contribution is 2.16. The lowest BCUT2D eigenvalue weighted by atomic mass is 9.96. The standard InChI is InChI=1S/C28H38N4O4/c1-4-14-32(15-5-2)28(36)22-17-20(3)16-21(18-22)27(35)31-24(19-23-10-7-9-13-30-23)26(34)25(33)11-6-8-12-29/h7,9-10,13,16-18,24-26,33-34H,4-6,8,11,14-15,19H2,1-3H3,(H,31,35). The van der Waals surface area contributed by atoms with Crippen LogP contribution in [0.5, 0.6) is 0 Å². The highest BCUT2D eigenvalue weighted by Gasteiger charge is 2.29. The largest absolute Gasteiger partial charge is 0.390 e. The molecule has 0 radical (unpaired) electrons. The van der Waals surface area contributed by atoms with Gasteiger partial charge in [-0.05, 0) is 68.5 Å². The molecule has 2 amide bonds. The molecule has 1 aromatic heterocycles. The molecule has 2 rings (SSSR count). The molecule has 36 heavy (non-hydrogen) atoms. The fraction of sp³-hybridized carbons (Fsp3) is 0.500. The topological polar surface area (TPSA) is 127 Å². The van der Waals surface area contributed by atoms with Crippen molar-refractivity contribution in [2.75, 3.05) is 13.1 Å². The van der Waals surface area contributed by atoms with E-state index in [-0.39, 0.29) is 25.2 Å². The number of hydrogen-bond donors (Lipinski definition) is 3. The van der Waals surface area contributed by atoms with E-state index in [9.17, 15) is 19.8 Å². The molecule has 0 aliphatic rings. The summed E-state index contributed by atoms with van der Waals surface area (Å²) >= 11 is 0. The molecule has 1 heterocycles. The Kier molecular flexibility index (Phi) is 12.0. The number of benzene rings is 1. The van der Waals surface area contributed by atoms with Crippen LogP contribution in [0.15, 0.2) is 42.6 Å². The summed E-state index contributed by atoms with van der Waals surface area (Å²) in [7, 11) is 0. The van der Waals surface area contributed by atoms with Gasteiger partial charge in [-0.1, -0.05) is 19.9 Å². The van der Waals surface area contributed by atoms with E-state index in [0.29, 0.717) is 36.3 Å². The van der Waals surface area contributed by atoms with Crippen LogP contribution in [-0.2, 0) is 6.42 Å². The first-order valence-corrected chi connectivity index (χ1v) is 12.7. The number of aryl methyl sites for hydroxylation is 1. The van der Waals surface area contributed by atoms with Gasteiger partial charge in [0.15, 0.2) is 0 Å². The fourth-order valence-electron chi connectivity index (χ4n) is 4.16.